The molecule has 54 valence electrons. The highest BCUT2D eigenvalue weighted by Crippen LogP contribution is 2.28. The van der Waals surface area contributed by atoms with Gasteiger partial charge in [-0.1, -0.05) is 34.1 Å². The van der Waals surface area contributed by atoms with Crippen LogP contribution in [-0.2, 0) is 4.79 Å². The highest BCUT2D eigenvalue weighted by molar-refractivity contribution is 5.54. The first kappa shape index (κ1) is 8.67. The van der Waals surface area contributed by atoms with Gasteiger partial charge in [0.2, 0.25) is 0 Å². The van der Waals surface area contributed by atoms with Crippen molar-refractivity contribution in [2.24, 2.45) is 11.3 Å². The van der Waals surface area contributed by atoms with Crippen molar-refractivity contribution >= 4 is 6.29 Å². The summed E-state index contributed by atoms with van der Waals surface area (Å²) in [4.78, 5) is 10.3. The first-order valence-electron chi connectivity index (χ1n) is 3.50. The van der Waals surface area contributed by atoms with E-state index in [-0.39, 0.29) is 11.3 Å². The Bertz CT molecular complexity index is 94.7. The third-order valence-corrected chi connectivity index (χ3v) is 2.35. The Morgan fingerprint density at radius 1 is 1.56 bits per heavy atom. The molecule has 0 aromatic heterocycles. The number of carbonyl (C=O) groups is 1. The molecular weight excluding hydrogens is 112 g/mol. The predicted octanol–water partition coefficient (Wildman–Crippen LogP) is 2.26. The van der Waals surface area contributed by atoms with Crippen LogP contribution in [0.2, 0.25) is 0 Å². The summed E-state index contributed by atoms with van der Waals surface area (Å²) in [7, 11) is 0. The molecule has 0 aliphatic carbocycles. The van der Waals surface area contributed by atoms with Gasteiger partial charge in [0.1, 0.15) is 6.29 Å². The van der Waals surface area contributed by atoms with Crippen LogP contribution in [0.5, 0.6) is 0 Å². The maximum Gasteiger partial charge on any atom is 0.123 e. The molecule has 9 heavy (non-hydrogen) atoms. The number of hydrogen-bond donors (Lipinski definition) is 0. The van der Waals surface area contributed by atoms with Crippen molar-refractivity contribution in [3.8, 4) is 0 Å². The van der Waals surface area contributed by atoms with Crippen LogP contribution < -0.4 is 0 Å². The first-order chi connectivity index (χ1) is 4.04. The van der Waals surface area contributed by atoms with Crippen LogP contribution in [0.1, 0.15) is 34.1 Å². The molecule has 0 amide bonds. The maximum atomic E-state index is 10.3. The number of carbonyl (C=O) groups excluding carboxylic acids is 1. The summed E-state index contributed by atoms with van der Waals surface area (Å²) in [5.74, 6) is 0.183. The Hall–Kier alpha value is -0.330. The van der Waals surface area contributed by atoms with Gasteiger partial charge in [-0.2, -0.15) is 0 Å². The standard InChI is InChI=1S/C8H16O/c1-5-8(3,4)7(2)6-9/h6-7H,5H2,1-4H3. The minimum Gasteiger partial charge on any atom is -0.303 e. The molecule has 0 aliphatic heterocycles. The van der Waals surface area contributed by atoms with Gasteiger partial charge in [0.25, 0.3) is 0 Å². The van der Waals surface area contributed by atoms with Crippen LogP contribution in [0, 0.1) is 11.3 Å². The summed E-state index contributed by atoms with van der Waals surface area (Å²) in [6.45, 7) is 8.31. The minimum atomic E-state index is 0.182. The molecule has 0 aromatic carbocycles. The molecule has 0 N–H and O–H groups in total. The summed E-state index contributed by atoms with van der Waals surface area (Å²) < 4.78 is 0. The van der Waals surface area contributed by atoms with E-state index in [1.807, 2.05) is 6.92 Å². The van der Waals surface area contributed by atoms with E-state index in [1.165, 1.54) is 0 Å². The van der Waals surface area contributed by atoms with Crippen molar-refractivity contribution < 1.29 is 4.79 Å². The van der Waals surface area contributed by atoms with Gasteiger partial charge in [0.15, 0.2) is 0 Å². The molecule has 1 nitrogen and oxygen atoms in total. The molecule has 1 heteroatoms. The molecule has 1 atom stereocenters. The molecule has 0 aliphatic rings. The second-order valence-corrected chi connectivity index (χ2v) is 3.27. The van der Waals surface area contributed by atoms with Gasteiger partial charge in [-0.15, -0.1) is 0 Å². The summed E-state index contributed by atoms with van der Waals surface area (Å²) in [6, 6.07) is 0. The molecule has 0 spiro atoms. The smallest absolute Gasteiger partial charge is 0.123 e. The van der Waals surface area contributed by atoms with E-state index in [9.17, 15) is 4.79 Å². The Labute approximate surface area is 57.5 Å². The molecule has 0 rings (SSSR count). The first-order valence-corrected chi connectivity index (χ1v) is 3.50. The monoisotopic (exact) mass is 128 g/mol. The van der Waals surface area contributed by atoms with Crippen LogP contribution in [0.15, 0.2) is 0 Å². The fourth-order valence-electron chi connectivity index (χ4n) is 0.506. The predicted molar refractivity (Wildman–Crippen MR) is 39.3 cm³/mol. The van der Waals surface area contributed by atoms with Gasteiger partial charge < -0.3 is 4.79 Å². The van der Waals surface area contributed by atoms with Crippen molar-refractivity contribution in [3.63, 3.8) is 0 Å². The summed E-state index contributed by atoms with van der Waals surface area (Å²) >= 11 is 0. The fourth-order valence-corrected chi connectivity index (χ4v) is 0.506. The van der Waals surface area contributed by atoms with Crippen LogP contribution >= 0.6 is 0 Å². The van der Waals surface area contributed by atoms with Crippen molar-refractivity contribution in [3.05, 3.63) is 0 Å². The zero-order valence-electron chi connectivity index (χ0n) is 6.77. The minimum absolute atomic E-state index is 0.182. The van der Waals surface area contributed by atoms with Gasteiger partial charge in [0, 0.05) is 5.92 Å². The average molecular weight is 128 g/mol. The van der Waals surface area contributed by atoms with Crippen molar-refractivity contribution in [2.75, 3.05) is 0 Å². The molecule has 0 aromatic rings. The summed E-state index contributed by atoms with van der Waals surface area (Å²) in [5, 5.41) is 0. The Kier molecular flexibility index (Phi) is 2.89. The van der Waals surface area contributed by atoms with E-state index in [1.54, 1.807) is 0 Å². The summed E-state index contributed by atoms with van der Waals surface area (Å²) in [6.07, 6.45) is 2.09. The number of hydrogen-bond acceptors (Lipinski definition) is 1. The number of rotatable bonds is 3. The highest BCUT2D eigenvalue weighted by atomic mass is 16.1. The largest absolute Gasteiger partial charge is 0.303 e. The second-order valence-electron chi connectivity index (χ2n) is 3.27. The Morgan fingerprint density at radius 3 is 2.11 bits per heavy atom. The highest BCUT2D eigenvalue weighted by Gasteiger charge is 2.22. The molecule has 0 heterocycles. The normalized spacial score (nSPS) is 15.1. The third kappa shape index (κ3) is 2.17. The quantitative estimate of drug-likeness (QED) is 0.533. The molecule has 0 saturated heterocycles. The third-order valence-electron chi connectivity index (χ3n) is 2.35. The van der Waals surface area contributed by atoms with Crippen molar-refractivity contribution in [1.82, 2.24) is 0 Å². The van der Waals surface area contributed by atoms with E-state index in [4.69, 9.17) is 0 Å². The molecule has 0 radical (unpaired) electrons. The molecule has 0 bridgehead atoms. The van der Waals surface area contributed by atoms with E-state index in [0.29, 0.717) is 0 Å². The summed E-state index contributed by atoms with van der Waals surface area (Å²) in [5.41, 5.74) is 0.182. The Morgan fingerprint density at radius 2 is 2.00 bits per heavy atom. The van der Waals surface area contributed by atoms with E-state index >= 15 is 0 Å². The van der Waals surface area contributed by atoms with Gasteiger partial charge in [-0.3, -0.25) is 0 Å². The molecular formula is C8H16O. The van der Waals surface area contributed by atoms with Crippen molar-refractivity contribution in [1.29, 1.82) is 0 Å². The van der Waals surface area contributed by atoms with Crippen LogP contribution in [0.25, 0.3) is 0 Å². The zero-order chi connectivity index (χ0) is 7.49. The van der Waals surface area contributed by atoms with Crippen LogP contribution in [-0.4, -0.2) is 6.29 Å². The van der Waals surface area contributed by atoms with E-state index in [2.05, 4.69) is 20.8 Å². The van der Waals surface area contributed by atoms with Crippen molar-refractivity contribution in [2.45, 2.75) is 34.1 Å². The lowest BCUT2D eigenvalue weighted by molar-refractivity contribution is -0.113. The van der Waals surface area contributed by atoms with Crippen LogP contribution in [0.4, 0.5) is 0 Å². The second kappa shape index (κ2) is 3.00. The Balaban J connectivity index is 3.95. The fraction of sp³-hybridized carbons (Fsp3) is 0.875. The topological polar surface area (TPSA) is 17.1 Å². The lowest BCUT2D eigenvalue weighted by atomic mass is 9.79. The lowest BCUT2D eigenvalue weighted by Crippen LogP contribution is -2.21. The molecule has 0 fully saturated rings. The average Bonchev–Trinajstić information content (AvgIpc) is 1.86. The van der Waals surface area contributed by atoms with Crippen LogP contribution in [0.3, 0.4) is 0 Å². The SMILES string of the molecule is CCC(C)(C)C(C)C=O. The van der Waals surface area contributed by atoms with Gasteiger partial charge >= 0.3 is 0 Å². The molecule has 0 saturated carbocycles. The zero-order valence-corrected chi connectivity index (χ0v) is 6.77. The maximum absolute atomic E-state index is 10.3. The van der Waals surface area contributed by atoms with Gasteiger partial charge in [-0.25, -0.2) is 0 Å². The van der Waals surface area contributed by atoms with E-state index in [0.717, 1.165) is 12.7 Å². The van der Waals surface area contributed by atoms with Gasteiger partial charge in [-0.05, 0) is 5.41 Å². The lowest BCUT2D eigenvalue weighted by Gasteiger charge is -2.25. The van der Waals surface area contributed by atoms with Gasteiger partial charge in [0.05, 0.1) is 0 Å². The molecule has 1 unspecified atom stereocenters. The van der Waals surface area contributed by atoms with E-state index < -0.39 is 0 Å². The number of aldehydes is 1.